The zero-order chi connectivity index (χ0) is 10.8. The minimum absolute atomic E-state index is 0.0240. The summed E-state index contributed by atoms with van der Waals surface area (Å²) in [4.78, 5) is 24.1. The molecule has 1 aromatic rings. The lowest BCUT2D eigenvalue weighted by Crippen LogP contribution is -2.26. The first-order chi connectivity index (χ1) is 7.18. The molecule has 3 heteroatoms. The third-order valence-electron chi connectivity index (χ3n) is 2.35. The van der Waals surface area contributed by atoms with Crippen LogP contribution in [0.2, 0.25) is 0 Å². The minimum atomic E-state index is -0.101. The Morgan fingerprint density at radius 1 is 1.27 bits per heavy atom. The van der Waals surface area contributed by atoms with Crippen LogP contribution in [0.5, 0.6) is 0 Å². The molecular weight excluding hydrogens is 190 g/mol. The van der Waals surface area contributed by atoms with E-state index in [9.17, 15) is 9.59 Å². The van der Waals surface area contributed by atoms with Crippen molar-refractivity contribution in [2.45, 2.75) is 6.92 Å². The Balaban J connectivity index is 2.39. The maximum absolute atomic E-state index is 11.3. The number of nitrogens with zero attached hydrogens (tertiary/aromatic N) is 1. The molecule has 2 rings (SSSR count). The fraction of sp³-hybridized carbons (Fsp3) is 0.167. The van der Waals surface area contributed by atoms with Crippen molar-refractivity contribution in [3.63, 3.8) is 0 Å². The summed E-state index contributed by atoms with van der Waals surface area (Å²) in [6.07, 6.45) is 1.52. The van der Waals surface area contributed by atoms with Crippen LogP contribution in [-0.4, -0.2) is 23.1 Å². The zero-order valence-corrected chi connectivity index (χ0v) is 8.43. The fourth-order valence-corrected chi connectivity index (χ4v) is 1.65. The fourth-order valence-electron chi connectivity index (χ4n) is 1.65. The molecule has 3 nitrogen and oxygen atoms in total. The van der Waals surface area contributed by atoms with Gasteiger partial charge in [-0.05, 0) is 5.56 Å². The lowest BCUT2D eigenvalue weighted by molar-refractivity contribution is -0.128. The Hall–Kier alpha value is -1.90. The van der Waals surface area contributed by atoms with Gasteiger partial charge in [-0.3, -0.25) is 9.59 Å². The second kappa shape index (κ2) is 3.69. The molecule has 1 heterocycles. The molecule has 0 aliphatic carbocycles. The maximum atomic E-state index is 11.3. The van der Waals surface area contributed by atoms with Gasteiger partial charge in [0.25, 0.3) is 0 Å². The lowest BCUT2D eigenvalue weighted by Gasteiger charge is -2.17. The molecule has 0 radical (unpaired) electrons. The standard InChI is InChI=1S/C12H11NO2/c1-9(14)13-8-11(15)7-12(13)10-5-3-2-4-6-10/h2-7H,8H2,1H3. The van der Waals surface area contributed by atoms with E-state index in [1.165, 1.54) is 17.9 Å². The van der Waals surface area contributed by atoms with Crippen LogP contribution in [0.1, 0.15) is 12.5 Å². The van der Waals surface area contributed by atoms with Crippen LogP contribution in [-0.2, 0) is 9.59 Å². The van der Waals surface area contributed by atoms with Crippen molar-refractivity contribution < 1.29 is 9.59 Å². The first kappa shape index (κ1) is 9.65. The topological polar surface area (TPSA) is 37.4 Å². The highest BCUT2D eigenvalue weighted by molar-refractivity contribution is 6.07. The number of benzene rings is 1. The van der Waals surface area contributed by atoms with Gasteiger partial charge in [-0.2, -0.15) is 0 Å². The molecular formula is C12H11NO2. The predicted octanol–water partition coefficient (Wildman–Crippen LogP) is 1.46. The van der Waals surface area contributed by atoms with E-state index < -0.39 is 0 Å². The first-order valence-corrected chi connectivity index (χ1v) is 4.76. The highest BCUT2D eigenvalue weighted by Crippen LogP contribution is 2.23. The number of hydrogen-bond acceptors (Lipinski definition) is 2. The summed E-state index contributed by atoms with van der Waals surface area (Å²) in [5.41, 5.74) is 1.60. The summed E-state index contributed by atoms with van der Waals surface area (Å²) in [7, 11) is 0. The Kier molecular flexibility index (Phi) is 2.37. The van der Waals surface area contributed by atoms with Crippen LogP contribution < -0.4 is 0 Å². The Morgan fingerprint density at radius 3 is 2.53 bits per heavy atom. The largest absolute Gasteiger partial charge is 0.304 e. The van der Waals surface area contributed by atoms with Crippen LogP contribution in [0.15, 0.2) is 36.4 Å². The van der Waals surface area contributed by atoms with Gasteiger partial charge in [0.1, 0.15) is 0 Å². The van der Waals surface area contributed by atoms with E-state index in [4.69, 9.17) is 0 Å². The molecule has 76 valence electrons. The highest BCUT2D eigenvalue weighted by Gasteiger charge is 2.24. The number of carbonyl (C=O) groups excluding carboxylic acids is 2. The van der Waals surface area contributed by atoms with Crippen molar-refractivity contribution in [1.82, 2.24) is 4.90 Å². The molecule has 0 spiro atoms. The molecule has 0 aromatic heterocycles. The molecule has 0 bridgehead atoms. The summed E-state index contributed by atoms with van der Waals surface area (Å²) in [6.45, 7) is 1.63. The number of hydrogen-bond donors (Lipinski definition) is 0. The summed E-state index contributed by atoms with van der Waals surface area (Å²) in [5, 5.41) is 0. The minimum Gasteiger partial charge on any atom is -0.304 e. The lowest BCUT2D eigenvalue weighted by atomic mass is 10.1. The average molecular weight is 201 g/mol. The summed E-state index contributed by atoms with van der Waals surface area (Å²) < 4.78 is 0. The molecule has 1 aliphatic heterocycles. The van der Waals surface area contributed by atoms with Crippen LogP contribution >= 0.6 is 0 Å². The van der Waals surface area contributed by atoms with Gasteiger partial charge in [0.2, 0.25) is 5.91 Å². The number of ketones is 1. The van der Waals surface area contributed by atoms with Gasteiger partial charge >= 0.3 is 0 Å². The summed E-state index contributed by atoms with van der Waals surface area (Å²) in [6, 6.07) is 9.45. The molecule has 1 aliphatic rings. The summed E-state index contributed by atoms with van der Waals surface area (Å²) in [5.74, 6) is -0.125. The molecule has 0 atom stereocenters. The molecule has 1 amide bonds. The molecule has 0 saturated carbocycles. The quantitative estimate of drug-likeness (QED) is 0.689. The first-order valence-electron chi connectivity index (χ1n) is 4.76. The van der Waals surface area contributed by atoms with Gasteiger partial charge in [0.05, 0.1) is 12.2 Å². The van der Waals surface area contributed by atoms with Crippen LogP contribution in [0.25, 0.3) is 5.70 Å². The van der Waals surface area contributed by atoms with Gasteiger partial charge in [0, 0.05) is 13.0 Å². The third kappa shape index (κ3) is 1.81. The second-order valence-corrected chi connectivity index (χ2v) is 3.47. The Morgan fingerprint density at radius 2 is 1.93 bits per heavy atom. The second-order valence-electron chi connectivity index (χ2n) is 3.47. The average Bonchev–Trinajstić information content (AvgIpc) is 2.62. The molecule has 0 unspecified atom stereocenters. The van der Waals surface area contributed by atoms with Crippen molar-refractivity contribution in [3.8, 4) is 0 Å². The van der Waals surface area contributed by atoms with Crippen molar-refractivity contribution in [3.05, 3.63) is 42.0 Å². The van der Waals surface area contributed by atoms with E-state index in [0.29, 0.717) is 5.70 Å². The van der Waals surface area contributed by atoms with Crippen LogP contribution in [0.3, 0.4) is 0 Å². The molecule has 0 N–H and O–H groups in total. The molecule has 15 heavy (non-hydrogen) atoms. The zero-order valence-electron chi connectivity index (χ0n) is 8.43. The molecule has 1 aromatic carbocycles. The van der Waals surface area contributed by atoms with Gasteiger partial charge in [-0.1, -0.05) is 30.3 Å². The monoisotopic (exact) mass is 201 g/mol. The van der Waals surface area contributed by atoms with Crippen molar-refractivity contribution in [1.29, 1.82) is 0 Å². The van der Waals surface area contributed by atoms with E-state index in [1.54, 1.807) is 0 Å². The van der Waals surface area contributed by atoms with Crippen LogP contribution in [0.4, 0.5) is 0 Å². The van der Waals surface area contributed by atoms with E-state index in [1.807, 2.05) is 30.3 Å². The van der Waals surface area contributed by atoms with Crippen molar-refractivity contribution in [2.24, 2.45) is 0 Å². The molecule has 0 fully saturated rings. The van der Waals surface area contributed by atoms with E-state index in [0.717, 1.165) is 5.56 Å². The van der Waals surface area contributed by atoms with Crippen molar-refractivity contribution >= 4 is 17.4 Å². The van der Waals surface area contributed by atoms with E-state index in [2.05, 4.69) is 0 Å². The SMILES string of the molecule is CC(=O)N1CC(=O)C=C1c1ccccc1. The predicted molar refractivity (Wildman–Crippen MR) is 56.8 cm³/mol. The van der Waals surface area contributed by atoms with E-state index in [-0.39, 0.29) is 18.2 Å². The van der Waals surface area contributed by atoms with Gasteiger partial charge in [-0.25, -0.2) is 0 Å². The Bertz CT molecular complexity index is 434. The highest BCUT2D eigenvalue weighted by atomic mass is 16.2. The van der Waals surface area contributed by atoms with Crippen molar-refractivity contribution in [2.75, 3.05) is 6.54 Å². The Labute approximate surface area is 88.0 Å². The normalized spacial score (nSPS) is 15.4. The number of carbonyl (C=O) groups is 2. The van der Waals surface area contributed by atoms with Gasteiger partial charge in [0.15, 0.2) is 5.78 Å². The number of rotatable bonds is 1. The van der Waals surface area contributed by atoms with E-state index >= 15 is 0 Å². The van der Waals surface area contributed by atoms with Gasteiger partial charge in [-0.15, -0.1) is 0 Å². The number of amides is 1. The molecule has 0 saturated heterocycles. The summed E-state index contributed by atoms with van der Waals surface area (Å²) >= 11 is 0. The third-order valence-corrected chi connectivity index (χ3v) is 2.35. The van der Waals surface area contributed by atoms with Crippen LogP contribution in [0, 0.1) is 0 Å². The maximum Gasteiger partial charge on any atom is 0.224 e. The van der Waals surface area contributed by atoms with Gasteiger partial charge < -0.3 is 4.90 Å². The smallest absolute Gasteiger partial charge is 0.224 e.